The fourth-order valence-electron chi connectivity index (χ4n) is 2.08. The molecule has 1 aromatic heterocycles. The van der Waals surface area contributed by atoms with Gasteiger partial charge in [0.1, 0.15) is 5.82 Å². The number of carbonyl (C=O) groups is 1. The smallest absolute Gasteiger partial charge is 0.225 e. The summed E-state index contributed by atoms with van der Waals surface area (Å²) in [5.41, 5.74) is 1.55. The molecule has 20 heavy (non-hydrogen) atoms. The van der Waals surface area contributed by atoms with Crippen LogP contribution in [0.5, 0.6) is 0 Å². The fourth-order valence-corrected chi connectivity index (χ4v) is 2.08. The van der Waals surface area contributed by atoms with Gasteiger partial charge in [-0.05, 0) is 36.6 Å². The zero-order valence-corrected chi connectivity index (χ0v) is 12.2. The van der Waals surface area contributed by atoms with Gasteiger partial charge in [0.2, 0.25) is 5.91 Å². The van der Waals surface area contributed by atoms with E-state index in [1.807, 2.05) is 27.0 Å². The Balaban J connectivity index is 1.98. The summed E-state index contributed by atoms with van der Waals surface area (Å²) in [5.74, 6) is -0.171. The minimum atomic E-state index is -0.330. The predicted molar refractivity (Wildman–Crippen MR) is 79.0 cm³/mol. The van der Waals surface area contributed by atoms with Gasteiger partial charge < -0.3 is 10.3 Å². The summed E-state index contributed by atoms with van der Waals surface area (Å²) >= 11 is 0. The van der Waals surface area contributed by atoms with E-state index >= 15 is 0 Å². The van der Waals surface area contributed by atoms with Gasteiger partial charge in [0.05, 0.1) is 0 Å². The number of nitrogens with one attached hydrogen (secondary N) is 2. The van der Waals surface area contributed by atoms with Crippen molar-refractivity contribution in [3.05, 3.63) is 35.8 Å². The molecule has 0 atom stereocenters. The molecule has 0 aliphatic rings. The fraction of sp³-hybridized carbons (Fsp3) is 0.438. The van der Waals surface area contributed by atoms with Gasteiger partial charge in [0.25, 0.3) is 0 Å². The quantitative estimate of drug-likeness (QED) is 0.863. The number of carbonyl (C=O) groups excluding carboxylic acids is 1. The molecule has 0 bridgehead atoms. The van der Waals surface area contributed by atoms with Crippen molar-refractivity contribution in [1.82, 2.24) is 10.3 Å². The van der Waals surface area contributed by atoms with Gasteiger partial charge >= 0.3 is 0 Å². The van der Waals surface area contributed by atoms with E-state index in [1.165, 1.54) is 12.1 Å². The van der Waals surface area contributed by atoms with Crippen LogP contribution < -0.4 is 5.32 Å². The molecule has 3 nitrogen and oxygen atoms in total. The highest BCUT2D eigenvalue weighted by Gasteiger charge is 2.24. The van der Waals surface area contributed by atoms with Crippen molar-refractivity contribution < 1.29 is 9.18 Å². The Bertz CT molecular complexity index is 616. The first kappa shape index (κ1) is 14.6. The molecule has 0 radical (unpaired) electrons. The highest BCUT2D eigenvalue weighted by atomic mass is 19.1. The van der Waals surface area contributed by atoms with E-state index in [4.69, 9.17) is 0 Å². The lowest BCUT2D eigenvalue weighted by atomic mass is 9.89. The predicted octanol–water partition coefficient (Wildman–Crippen LogP) is 3.40. The summed E-state index contributed by atoms with van der Waals surface area (Å²) in [7, 11) is 0. The number of H-pyrrole nitrogens is 1. The molecule has 108 valence electrons. The van der Waals surface area contributed by atoms with Crippen LogP contribution in [0.4, 0.5) is 4.39 Å². The molecule has 1 heterocycles. The van der Waals surface area contributed by atoms with Crippen molar-refractivity contribution in [2.45, 2.75) is 33.6 Å². The minimum absolute atomic E-state index is 0.0749. The van der Waals surface area contributed by atoms with Crippen LogP contribution >= 0.6 is 0 Å². The molecule has 0 spiro atoms. The number of aromatic nitrogens is 1. The number of fused-ring (bicyclic) bond motifs is 1. The van der Waals surface area contributed by atoms with Crippen molar-refractivity contribution in [1.29, 1.82) is 0 Å². The molecule has 4 heteroatoms. The lowest BCUT2D eigenvalue weighted by molar-refractivity contribution is -0.129. The Kier molecular flexibility index (Phi) is 4.12. The summed E-state index contributed by atoms with van der Waals surface area (Å²) in [6.45, 7) is 6.48. The van der Waals surface area contributed by atoms with Gasteiger partial charge in [0.15, 0.2) is 0 Å². The number of amides is 1. The largest absolute Gasteiger partial charge is 0.361 e. The molecule has 2 aromatic rings. The summed E-state index contributed by atoms with van der Waals surface area (Å²) < 4.78 is 13.1. The normalized spacial score (nSPS) is 11.8. The number of aromatic amines is 1. The maximum atomic E-state index is 13.1. The molecule has 1 amide bonds. The van der Waals surface area contributed by atoms with Gasteiger partial charge in [-0.3, -0.25) is 4.79 Å². The highest BCUT2D eigenvalue weighted by molar-refractivity contribution is 5.84. The SMILES string of the molecule is CCC(C)(C)C(=O)NCCc1c[nH]c2cc(F)ccc12. The van der Waals surface area contributed by atoms with E-state index in [9.17, 15) is 9.18 Å². The zero-order chi connectivity index (χ0) is 14.8. The van der Waals surface area contributed by atoms with Crippen LogP contribution in [-0.4, -0.2) is 17.4 Å². The standard InChI is InChI=1S/C16H21FN2O/c1-4-16(2,3)15(20)18-8-7-11-10-19-14-9-12(17)5-6-13(11)14/h5-6,9-10,19H,4,7-8H2,1-3H3,(H,18,20). The number of hydrogen-bond acceptors (Lipinski definition) is 1. The van der Waals surface area contributed by atoms with Crippen LogP contribution in [0.25, 0.3) is 10.9 Å². The van der Waals surface area contributed by atoms with Crippen molar-refractivity contribution in [2.75, 3.05) is 6.54 Å². The lowest BCUT2D eigenvalue weighted by Gasteiger charge is -2.21. The Morgan fingerprint density at radius 2 is 2.15 bits per heavy atom. The van der Waals surface area contributed by atoms with Crippen molar-refractivity contribution in [2.24, 2.45) is 5.41 Å². The third kappa shape index (κ3) is 3.00. The molecule has 0 aliphatic heterocycles. The second-order valence-corrected chi connectivity index (χ2v) is 5.75. The van der Waals surface area contributed by atoms with Gasteiger partial charge in [-0.25, -0.2) is 4.39 Å². The Labute approximate surface area is 118 Å². The van der Waals surface area contributed by atoms with Gasteiger partial charge in [0, 0.05) is 29.1 Å². The van der Waals surface area contributed by atoms with Crippen LogP contribution in [0, 0.1) is 11.2 Å². The van der Waals surface area contributed by atoms with Crippen LogP contribution in [0.15, 0.2) is 24.4 Å². The topological polar surface area (TPSA) is 44.9 Å². The molecule has 1 aromatic carbocycles. The molecular formula is C16H21FN2O. The maximum absolute atomic E-state index is 13.1. The number of benzene rings is 1. The Morgan fingerprint density at radius 1 is 1.40 bits per heavy atom. The first-order chi connectivity index (χ1) is 9.44. The first-order valence-electron chi connectivity index (χ1n) is 6.98. The number of hydrogen-bond donors (Lipinski definition) is 2. The molecule has 0 saturated heterocycles. The second-order valence-electron chi connectivity index (χ2n) is 5.75. The minimum Gasteiger partial charge on any atom is -0.361 e. The zero-order valence-electron chi connectivity index (χ0n) is 12.2. The van der Waals surface area contributed by atoms with Gasteiger partial charge in [-0.15, -0.1) is 0 Å². The van der Waals surface area contributed by atoms with E-state index in [-0.39, 0.29) is 17.1 Å². The van der Waals surface area contributed by atoms with Crippen LogP contribution in [0.2, 0.25) is 0 Å². The van der Waals surface area contributed by atoms with Gasteiger partial charge in [-0.1, -0.05) is 20.8 Å². The Morgan fingerprint density at radius 3 is 2.85 bits per heavy atom. The second kappa shape index (κ2) is 5.65. The molecule has 0 fully saturated rings. The van der Waals surface area contributed by atoms with E-state index < -0.39 is 0 Å². The highest BCUT2D eigenvalue weighted by Crippen LogP contribution is 2.21. The summed E-state index contributed by atoms with van der Waals surface area (Å²) in [6, 6.07) is 4.71. The van der Waals surface area contributed by atoms with Crippen LogP contribution in [0.1, 0.15) is 32.8 Å². The average molecular weight is 276 g/mol. The summed E-state index contributed by atoms with van der Waals surface area (Å²) in [4.78, 5) is 15.0. The van der Waals surface area contributed by atoms with E-state index in [0.717, 1.165) is 29.3 Å². The van der Waals surface area contributed by atoms with Gasteiger partial charge in [-0.2, -0.15) is 0 Å². The Hall–Kier alpha value is -1.84. The first-order valence-corrected chi connectivity index (χ1v) is 6.98. The maximum Gasteiger partial charge on any atom is 0.225 e. The van der Waals surface area contributed by atoms with Crippen molar-refractivity contribution in [3.63, 3.8) is 0 Å². The molecule has 0 unspecified atom stereocenters. The summed E-state index contributed by atoms with van der Waals surface area (Å²) in [5, 5.41) is 3.97. The molecular weight excluding hydrogens is 255 g/mol. The van der Waals surface area contributed by atoms with Crippen molar-refractivity contribution >= 4 is 16.8 Å². The lowest BCUT2D eigenvalue weighted by Crippen LogP contribution is -2.37. The third-order valence-corrected chi connectivity index (χ3v) is 3.91. The van der Waals surface area contributed by atoms with E-state index in [2.05, 4.69) is 10.3 Å². The van der Waals surface area contributed by atoms with Crippen LogP contribution in [-0.2, 0) is 11.2 Å². The average Bonchev–Trinajstić information content (AvgIpc) is 2.81. The number of halogens is 1. The molecule has 2 rings (SSSR count). The van der Waals surface area contributed by atoms with E-state index in [1.54, 1.807) is 6.07 Å². The molecule has 0 aliphatic carbocycles. The van der Waals surface area contributed by atoms with E-state index in [0.29, 0.717) is 6.54 Å². The monoisotopic (exact) mass is 276 g/mol. The molecule has 2 N–H and O–H groups in total. The van der Waals surface area contributed by atoms with Crippen LogP contribution in [0.3, 0.4) is 0 Å². The van der Waals surface area contributed by atoms with Crippen molar-refractivity contribution in [3.8, 4) is 0 Å². The molecule has 0 saturated carbocycles. The number of rotatable bonds is 5. The summed E-state index contributed by atoms with van der Waals surface area (Å²) in [6.07, 6.45) is 3.42. The third-order valence-electron chi connectivity index (χ3n) is 3.91.